The van der Waals surface area contributed by atoms with Crippen LogP contribution in [0.1, 0.15) is 0 Å². The number of rotatable bonds is 0. The molecule has 0 radical (unpaired) electrons. The summed E-state index contributed by atoms with van der Waals surface area (Å²) < 4.78 is 1.36. The molecule has 0 rings (SSSR count). The number of nitrogens with two attached hydrogens (primary N) is 1. The molecular weight excluding hydrogens is 196 g/mol. The molecule has 3 nitrogen and oxygen atoms in total. The Morgan fingerprint density at radius 1 is 2.00 bits per heavy atom. The Labute approximate surface area is 49.7 Å². The maximum absolute atomic E-state index is 9.86. The third kappa shape index (κ3) is 2.31. The second-order valence-electron chi connectivity index (χ2n) is 0.862. The van der Waals surface area contributed by atoms with Crippen molar-refractivity contribution < 1.29 is 4.79 Å². The number of primary amides is 1. The van der Waals surface area contributed by atoms with Crippen LogP contribution in [0, 0.1) is 0 Å². The molecule has 6 heavy (non-hydrogen) atoms. The predicted molar refractivity (Wildman–Crippen MR) is 24.5 cm³/mol. The summed E-state index contributed by atoms with van der Waals surface area (Å²) in [6.07, 6.45) is 0. The van der Waals surface area contributed by atoms with Crippen molar-refractivity contribution in [1.29, 1.82) is 0 Å². The van der Waals surface area contributed by atoms with Crippen LogP contribution in [-0.2, 0) is 0 Å². The molecule has 0 aromatic rings. The fourth-order valence-corrected chi connectivity index (χ4v) is 0. The van der Waals surface area contributed by atoms with Gasteiger partial charge >= 0.3 is 49.3 Å². The van der Waals surface area contributed by atoms with Crippen molar-refractivity contribution in [2.24, 2.45) is 5.73 Å². The van der Waals surface area contributed by atoms with Crippen molar-refractivity contribution in [3.8, 4) is 0 Å². The molecule has 0 saturated heterocycles. The number of carbonyl (C=O) groups excluding carboxylic acids is 1. The molecule has 0 fully saturated rings. The zero-order valence-electron chi connectivity index (χ0n) is 3.38. The van der Waals surface area contributed by atoms with Gasteiger partial charge in [-0.15, -0.1) is 0 Å². The van der Waals surface area contributed by atoms with E-state index in [0.717, 1.165) is 0 Å². The molecule has 0 aliphatic heterocycles. The van der Waals surface area contributed by atoms with Crippen molar-refractivity contribution >= 4 is 28.6 Å². The van der Waals surface area contributed by atoms with E-state index in [1.165, 1.54) is 25.7 Å². The van der Waals surface area contributed by atoms with Crippen LogP contribution in [0.15, 0.2) is 0 Å². The summed E-state index contributed by atoms with van der Waals surface area (Å²) in [5.74, 6) is 0. The minimum atomic E-state index is -0.385. The van der Waals surface area contributed by atoms with Crippen LogP contribution < -0.4 is 5.73 Å². The molecule has 4 heteroatoms. The van der Waals surface area contributed by atoms with Crippen LogP contribution >= 0.6 is 0 Å². The molecule has 0 saturated carbocycles. The van der Waals surface area contributed by atoms with Gasteiger partial charge in [0.25, 0.3) is 0 Å². The Hall–Kier alpha value is 0.0596. The monoisotopic (exact) mass is 204 g/mol. The number of urea groups is 1. The van der Waals surface area contributed by atoms with Gasteiger partial charge in [-0.25, -0.2) is 0 Å². The minimum absolute atomic E-state index is 0.385. The quantitative estimate of drug-likeness (QED) is 0.493. The predicted octanol–water partition coefficient (Wildman–Crippen LogP) is -1.19. The average molecular weight is 202 g/mol. The first-order chi connectivity index (χ1) is 2.64. The van der Waals surface area contributed by atoms with Gasteiger partial charge in [-0.2, -0.15) is 0 Å². The molecule has 0 spiro atoms. The molecule has 0 aliphatic carbocycles. The average Bonchev–Trinajstić information content (AvgIpc) is 1.36. The van der Waals surface area contributed by atoms with Gasteiger partial charge in [-0.3, -0.25) is 0 Å². The van der Waals surface area contributed by atoms with Crippen molar-refractivity contribution in [2.45, 2.75) is 0 Å². The van der Waals surface area contributed by atoms with Gasteiger partial charge in [0.15, 0.2) is 0 Å². The summed E-state index contributed by atoms with van der Waals surface area (Å²) in [5, 5.41) is 0. The number of hydrogen-bond donors (Lipinski definition) is 1. The van der Waals surface area contributed by atoms with Gasteiger partial charge in [-0.1, -0.05) is 0 Å². The van der Waals surface area contributed by atoms with Crippen LogP contribution in [0.2, 0.25) is 0 Å². The van der Waals surface area contributed by atoms with Gasteiger partial charge in [0.2, 0.25) is 0 Å². The SMILES string of the molecule is CN([TeH])C(N)=O. The number of nitrogens with zero attached hydrogens (tertiary/aromatic N) is 1. The molecule has 0 bridgehead atoms. The van der Waals surface area contributed by atoms with Gasteiger partial charge in [0, 0.05) is 0 Å². The summed E-state index contributed by atoms with van der Waals surface area (Å²) in [4.78, 5) is 9.86. The fourth-order valence-electron chi connectivity index (χ4n) is 0. The van der Waals surface area contributed by atoms with E-state index in [2.05, 4.69) is 0 Å². The van der Waals surface area contributed by atoms with E-state index in [1.54, 1.807) is 7.05 Å². The summed E-state index contributed by atoms with van der Waals surface area (Å²) in [6, 6.07) is -0.385. The Balaban J connectivity index is 3.26. The molecule has 36 valence electrons. The normalized spacial score (nSPS) is 7.67. The van der Waals surface area contributed by atoms with Crippen LogP contribution in [0.5, 0.6) is 0 Å². The summed E-state index contributed by atoms with van der Waals surface area (Å²) in [5.41, 5.74) is 4.73. The van der Waals surface area contributed by atoms with E-state index in [-0.39, 0.29) is 6.03 Å². The number of hydrogen-bond acceptors (Lipinski definition) is 1. The molecule has 0 aromatic heterocycles. The Morgan fingerprint density at radius 2 is 2.17 bits per heavy atom. The summed E-state index contributed by atoms with van der Waals surface area (Å²) in [7, 11) is 1.62. The summed E-state index contributed by atoms with van der Waals surface area (Å²) in [6.45, 7) is 0. The van der Waals surface area contributed by atoms with Crippen molar-refractivity contribution in [2.75, 3.05) is 7.05 Å². The third-order valence-corrected chi connectivity index (χ3v) is 0.882. The Kier molecular flexibility index (Phi) is 2.29. The van der Waals surface area contributed by atoms with Crippen molar-refractivity contribution in [1.82, 2.24) is 3.15 Å². The van der Waals surface area contributed by atoms with E-state index in [0.29, 0.717) is 0 Å². The van der Waals surface area contributed by atoms with E-state index < -0.39 is 0 Å². The molecule has 0 heterocycles. The molecule has 0 aromatic carbocycles. The second kappa shape index (κ2) is 2.27. The molecule has 2 N–H and O–H groups in total. The van der Waals surface area contributed by atoms with E-state index in [4.69, 9.17) is 5.73 Å². The molecule has 0 atom stereocenters. The van der Waals surface area contributed by atoms with E-state index in [1.807, 2.05) is 0 Å². The molecule has 0 unspecified atom stereocenters. The van der Waals surface area contributed by atoms with Gasteiger partial charge in [0.05, 0.1) is 0 Å². The van der Waals surface area contributed by atoms with Crippen molar-refractivity contribution in [3.63, 3.8) is 0 Å². The first kappa shape index (κ1) is 6.06. The first-order valence-electron chi connectivity index (χ1n) is 1.36. The molecule has 2 amide bonds. The topological polar surface area (TPSA) is 46.3 Å². The standard InChI is InChI=1S/C2H6N2OTe/c1-4(6)2(3)5/h6H,1H3,(H2,3,5). The zero-order valence-corrected chi connectivity index (χ0v) is 5.93. The molecular formula is C2H6N2OTe. The number of carbonyl (C=O) groups is 1. The summed E-state index contributed by atoms with van der Waals surface area (Å²) >= 11 is 1.28. The Bertz CT molecular complexity index is 62.6. The Morgan fingerprint density at radius 3 is 2.17 bits per heavy atom. The van der Waals surface area contributed by atoms with Gasteiger partial charge in [0.1, 0.15) is 0 Å². The van der Waals surface area contributed by atoms with Crippen molar-refractivity contribution in [3.05, 3.63) is 0 Å². The fraction of sp³-hybridized carbons (Fsp3) is 0.500. The first-order valence-corrected chi connectivity index (χ1v) is 2.51. The molecule has 0 aliphatic rings. The maximum atomic E-state index is 9.86. The van der Waals surface area contributed by atoms with Crippen LogP contribution in [0.25, 0.3) is 0 Å². The van der Waals surface area contributed by atoms with E-state index >= 15 is 0 Å². The third-order valence-electron chi connectivity index (χ3n) is 0.319. The van der Waals surface area contributed by atoms with Crippen LogP contribution in [0.3, 0.4) is 0 Å². The number of amides is 2. The van der Waals surface area contributed by atoms with Crippen LogP contribution in [0.4, 0.5) is 4.79 Å². The van der Waals surface area contributed by atoms with E-state index in [9.17, 15) is 4.79 Å². The second-order valence-corrected chi connectivity index (χ2v) is 2.57. The van der Waals surface area contributed by atoms with Gasteiger partial charge in [-0.05, 0) is 0 Å². The zero-order chi connectivity index (χ0) is 5.15. The van der Waals surface area contributed by atoms with Crippen LogP contribution in [-0.4, -0.2) is 38.8 Å². The van der Waals surface area contributed by atoms with Gasteiger partial charge < -0.3 is 0 Å².